The predicted octanol–water partition coefficient (Wildman–Crippen LogP) is 2.91. The molecular weight excluding hydrogens is 424 g/mol. The van der Waals surface area contributed by atoms with Crippen LogP contribution in [0.3, 0.4) is 0 Å². The number of fused-ring (bicyclic) bond motifs is 3. The highest BCUT2D eigenvalue weighted by molar-refractivity contribution is 5.86. The molecule has 0 aromatic heterocycles. The number of carbonyl (C=O) groups excluding carboxylic acids is 2. The third kappa shape index (κ3) is 5.01. The van der Waals surface area contributed by atoms with Crippen molar-refractivity contribution in [3.63, 3.8) is 0 Å². The third-order valence-electron chi connectivity index (χ3n) is 6.40. The van der Waals surface area contributed by atoms with Crippen molar-refractivity contribution in [2.24, 2.45) is 5.92 Å². The molecule has 2 aliphatic carbocycles. The standard InChI is InChI=1S/C25H28N2O6/c1-32-11-10-22(24(29)30)27-23(28)15-12-16(13-15)26-25(31)33-14-21-19-8-4-2-6-17(19)18-7-3-5-9-20(18)21/h2-9,15-16,21-22H,10-14H2,1H3,(H,26,31)(H,27,28)(H,29,30). The van der Waals surface area contributed by atoms with Crippen molar-refractivity contribution in [3.05, 3.63) is 59.7 Å². The van der Waals surface area contributed by atoms with Gasteiger partial charge in [-0.1, -0.05) is 48.5 Å². The summed E-state index contributed by atoms with van der Waals surface area (Å²) >= 11 is 0. The van der Waals surface area contributed by atoms with Gasteiger partial charge in [-0.3, -0.25) is 4.79 Å². The lowest BCUT2D eigenvalue weighted by Crippen LogP contribution is -2.52. The summed E-state index contributed by atoms with van der Waals surface area (Å²) in [5, 5.41) is 14.6. The Bertz CT molecular complexity index is 988. The number of benzene rings is 2. The number of methoxy groups -OCH3 is 1. The van der Waals surface area contributed by atoms with E-state index >= 15 is 0 Å². The highest BCUT2D eigenvalue weighted by atomic mass is 16.5. The first-order chi connectivity index (χ1) is 16.0. The van der Waals surface area contributed by atoms with Crippen LogP contribution in [0.25, 0.3) is 11.1 Å². The average Bonchev–Trinajstić information content (AvgIpc) is 3.10. The summed E-state index contributed by atoms with van der Waals surface area (Å²) in [7, 11) is 1.48. The van der Waals surface area contributed by atoms with Gasteiger partial charge in [-0.15, -0.1) is 0 Å². The summed E-state index contributed by atoms with van der Waals surface area (Å²) in [5.41, 5.74) is 4.63. The number of hydrogen-bond donors (Lipinski definition) is 3. The Morgan fingerprint density at radius 1 is 1.03 bits per heavy atom. The molecule has 33 heavy (non-hydrogen) atoms. The van der Waals surface area contributed by atoms with Crippen LogP contribution in [-0.4, -0.2) is 55.5 Å². The van der Waals surface area contributed by atoms with Gasteiger partial charge in [0.25, 0.3) is 0 Å². The molecule has 0 heterocycles. The number of carbonyl (C=O) groups is 3. The van der Waals surface area contributed by atoms with Crippen LogP contribution >= 0.6 is 0 Å². The number of aliphatic carboxylic acids is 1. The van der Waals surface area contributed by atoms with E-state index in [2.05, 4.69) is 34.9 Å². The topological polar surface area (TPSA) is 114 Å². The van der Waals surface area contributed by atoms with Gasteiger partial charge in [0.05, 0.1) is 0 Å². The molecule has 0 radical (unpaired) electrons. The Morgan fingerprint density at radius 2 is 1.64 bits per heavy atom. The molecule has 1 saturated carbocycles. The van der Waals surface area contributed by atoms with Crippen LogP contribution in [0.2, 0.25) is 0 Å². The molecule has 1 atom stereocenters. The number of amides is 2. The Labute approximate surface area is 192 Å². The number of carboxylic acid groups (broad SMARTS) is 1. The SMILES string of the molecule is COCCC(NC(=O)C1CC(NC(=O)OCC2c3ccccc3-c3ccccc32)C1)C(=O)O. The summed E-state index contributed by atoms with van der Waals surface area (Å²) in [6.45, 7) is 0.476. The van der Waals surface area contributed by atoms with Crippen LogP contribution in [0, 0.1) is 5.92 Å². The van der Waals surface area contributed by atoms with E-state index in [9.17, 15) is 19.5 Å². The maximum Gasteiger partial charge on any atom is 0.407 e. The molecule has 0 spiro atoms. The van der Waals surface area contributed by atoms with E-state index in [-0.39, 0.29) is 43.4 Å². The number of alkyl carbamates (subject to hydrolysis) is 1. The zero-order valence-corrected chi connectivity index (χ0v) is 18.5. The van der Waals surface area contributed by atoms with Gasteiger partial charge in [0.15, 0.2) is 0 Å². The zero-order chi connectivity index (χ0) is 23.4. The molecule has 1 unspecified atom stereocenters. The second-order valence-electron chi connectivity index (χ2n) is 8.52. The normalized spacial score (nSPS) is 19.5. The molecule has 2 amide bonds. The minimum Gasteiger partial charge on any atom is -0.480 e. The van der Waals surface area contributed by atoms with Crippen LogP contribution in [0.15, 0.2) is 48.5 Å². The van der Waals surface area contributed by atoms with Crippen molar-refractivity contribution in [1.82, 2.24) is 10.6 Å². The lowest BCUT2D eigenvalue weighted by Gasteiger charge is -2.35. The largest absolute Gasteiger partial charge is 0.480 e. The molecule has 8 nitrogen and oxygen atoms in total. The minimum absolute atomic E-state index is 0.0110. The van der Waals surface area contributed by atoms with Crippen molar-refractivity contribution in [1.29, 1.82) is 0 Å². The molecule has 0 saturated heterocycles. The molecule has 8 heteroatoms. The first kappa shape index (κ1) is 22.8. The Morgan fingerprint density at radius 3 is 2.21 bits per heavy atom. The summed E-state index contributed by atoms with van der Waals surface area (Å²) in [5.74, 6) is -1.74. The highest BCUT2D eigenvalue weighted by Gasteiger charge is 2.37. The van der Waals surface area contributed by atoms with Gasteiger partial charge < -0.3 is 25.2 Å². The van der Waals surface area contributed by atoms with E-state index in [1.807, 2.05) is 24.3 Å². The molecule has 2 aliphatic rings. The van der Waals surface area contributed by atoms with Crippen molar-refractivity contribution < 1.29 is 29.0 Å². The van der Waals surface area contributed by atoms with E-state index < -0.39 is 18.1 Å². The first-order valence-corrected chi connectivity index (χ1v) is 11.1. The van der Waals surface area contributed by atoms with E-state index in [0.29, 0.717) is 12.8 Å². The molecule has 2 aromatic rings. The Balaban J connectivity index is 1.24. The molecule has 0 bridgehead atoms. The van der Waals surface area contributed by atoms with Crippen molar-refractivity contribution >= 4 is 18.0 Å². The van der Waals surface area contributed by atoms with E-state index in [1.54, 1.807) is 0 Å². The average molecular weight is 453 g/mol. The lowest BCUT2D eigenvalue weighted by atomic mass is 9.79. The molecule has 2 aromatic carbocycles. The number of rotatable bonds is 9. The molecule has 0 aliphatic heterocycles. The quantitative estimate of drug-likeness (QED) is 0.539. The number of hydrogen-bond acceptors (Lipinski definition) is 5. The van der Waals surface area contributed by atoms with Gasteiger partial charge in [0, 0.05) is 38.0 Å². The Hall–Kier alpha value is -3.39. The Kier molecular flexibility index (Phi) is 6.93. The smallest absolute Gasteiger partial charge is 0.407 e. The van der Waals surface area contributed by atoms with Crippen LogP contribution < -0.4 is 10.6 Å². The summed E-state index contributed by atoms with van der Waals surface area (Å²) < 4.78 is 10.4. The maximum absolute atomic E-state index is 12.4. The summed E-state index contributed by atoms with van der Waals surface area (Å²) in [6.07, 6.45) is 0.592. The number of carboxylic acids is 1. The number of ether oxygens (including phenoxy) is 2. The fraction of sp³-hybridized carbons (Fsp3) is 0.400. The van der Waals surface area contributed by atoms with Crippen LogP contribution in [0.5, 0.6) is 0 Å². The van der Waals surface area contributed by atoms with Gasteiger partial charge in [-0.05, 0) is 35.1 Å². The molecule has 174 valence electrons. The molecule has 1 fully saturated rings. The van der Waals surface area contributed by atoms with Gasteiger partial charge in [0.1, 0.15) is 12.6 Å². The van der Waals surface area contributed by atoms with Crippen molar-refractivity contribution in [2.45, 2.75) is 37.3 Å². The first-order valence-electron chi connectivity index (χ1n) is 11.1. The molecule has 4 rings (SSSR count). The second kappa shape index (κ2) is 10.0. The van der Waals surface area contributed by atoms with Gasteiger partial charge in [0.2, 0.25) is 5.91 Å². The van der Waals surface area contributed by atoms with Crippen molar-refractivity contribution in [2.75, 3.05) is 20.3 Å². The highest BCUT2D eigenvalue weighted by Crippen LogP contribution is 2.44. The van der Waals surface area contributed by atoms with Gasteiger partial charge >= 0.3 is 12.1 Å². The molecular formula is C25H28N2O6. The van der Waals surface area contributed by atoms with E-state index in [0.717, 1.165) is 11.1 Å². The van der Waals surface area contributed by atoms with Gasteiger partial charge in [-0.25, -0.2) is 9.59 Å². The predicted molar refractivity (Wildman–Crippen MR) is 121 cm³/mol. The summed E-state index contributed by atoms with van der Waals surface area (Å²) in [6, 6.07) is 15.1. The molecule has 3 N–H and O–H groups in total. The van der Waals surface area contributed by atoms with Gasteiger partial charge in [-0.2, -0.15) is 0 Å². The van der Waals surface area contributed by atoms with Crippen LogP contribution in [0.1, 0.15) is 36.3 Å². The fourth-order valence-electron chi connectivity index (χ4n) is 4.54. The monoisotopic (exact) mass is 452 g/mol. The fourth-order valence-corrected chi connectivity index (χ4v) is 4.54. The van der Waals surface area contributed by atoms with E-state index in [4.69, 9.17) is 9.47 Å². The maximum atomic E-state index is 12.4. The second-order valence-corrected chi connectivity index (χ2v) is 8.52. The van der Waals surface area contributed by atoms with Crippen LogP contribution in [-0.2, 0) is 19.1 Å². The van der Waals surface area contributed by atoms with Crippen molar-refractivity contribution in [3.8, 4) is 11.1 Å². The van der Waals surface area contributed by atoms with E-state index in [1.165, 1.54) is 18.2 Å². The summed E-state index contributed by atoms with van der Waals surface area (Å²) in [4.78, 5) is 35.9. The zero-order valence-electron chi connectivity index (χ0n) is 18.5. The lowest BCUT2D eigenvalue weighted by molar-refractivity contribution is -0.143. The minimum atomic E-state index is -1.09. The van der Waals surface area contributed by atoms with Crippen LogP contribution in [0.4, 0.5) is 4.79 Å². The third-order valence-corrected chi connectivity index (χ3v) is 6.40. The number of nitrogens with one attached hydrogen (secondary N) is 2.